The molecule has 0 amide bonds. The third-order valence-electron chi connectivity index (χ3n) is 2.56. The molecule has 0 fully saturated rings. The molecule has 2 rings (SSSR count). The first-order valence-electron chi connectivity index (χ1n) is 5.86. The summed E-state index contributed by atoms with van der Waals surface area (Å²) in [5.74, 6) is 1.70. The van der Waals surface area contributed by atoms with E-state index in [1.165, 1.54) is 0 Å². The number of aromatic nitrogens is 4. The van der Waals surface area contributed by atoms with E-state index in [1.54, 1.807) is 6.20 Å². The first-order chi connectivity index (χ1) is 8.26. The first kappa shape index (κ1) is 11.6. The third-order valence-corrected chi connectivity index (χ3v) is 2.56. The van der Waals surface area contributed by atoms with E-state index in [-0.39, 0.29) is 0 Å². The Morgan fingerprint density at radius 2 is 2.12 bits per heavy atom. The van der Waals surface area contributed by atoms with Gasteiger partial charge in [0.05, 0.1) is 0 Å². The highest BCUT2D eigenvalue weighted by Crippen LogP contribution is 2.20. The zero-order valence-electron chi connectivity index (χ0n) is 10.4. The molecule has 0 aliphatic rings. The van der Waals surface area contributed by atoms with Crippen LogP contribution in [0.3, 0.4) is 0 Å². The van der Waals surface area contributed by atoms with Crippen molar-refractivity contribution >= 4 is 5.95 Å². The van der Waals surface area contributed by atoms with Gasteiger partial charge in [-0.05, 0) is 32.9 Å². The van der Waals surface area contributed by atoms with Crippen LogP contribution in [0.2, 0.25) is 0 Å². The van der Waals surface area contributed by atoms with E-state index in [9.17, 15) is 0 Å². The molecule has 0 saturated carbocycles. The average Bonchev–Trinajstić information content (AvgIpc) is 2.72. The predicted octanol–water partition coefficient (Wildman–Crippen LogP) is 2.10. The molecule has 0 unspecified atom stereocenters. The highest BCUT2D eigenvalue weighted by molar-refractivity contribution is 5.57. The summed E-state index contributed by atoms with van der Waals surface area (Å²) in [6.45, 7) is 7.79. The highest BCUT2D eigenvalue weighted by atomic mass is 15.3. The van der Waals surface area contributed by atoms with Gasteiger partial charge in [-0.25, -0.2) is 0 Å². The smallest absolute Gasteiger partial charge is 0.224 e. The van der Waals surface area contributed by atoms with Gasteiger partial charge in [0.25, 0.3) is 0 Å². The number of hydrogen-bond acceptors (Lipinski definition) is 4. The van der Waals surface area contributed by atoms with Gasteiger partial charge in [-0.1, -0.05) is 0 Å². The summed E-state index contributed by atoms with van der Waals surface area (Å²) in [5.41, 5.74) is 2.04. The van der Waals surface area contributed by atoms with E-state index < -0.39 is 0 Å². The van der Waals surface area contributed by atoms with E-state index in [4.69, 9.17) is 0 Å². The number of anilines is 1. The van der Waals surface area contributed by atoms with Crippen molar-refractivity contribution in [2.45, 2.75) is 27.3 Å². The maximum absolute atomic E-state index is 4.24. The Bertz CT molecular complexity index is 503. The van der Waals surface area contributed by atoms with Crippen LogP contribution in [0.15, 0.2) is 18.3 Å². The van der Waals surface area contributed by atoms with E-state index in [0.717, 1.165) is 36.1 Å². The van der Waals surface area contributed by atoms with Gasteiger partial charge in [0.1, 0.15) is 0 Å². The van der Waals surface area contributed by atoms with Crippen LogP contribution in [0.25, 0.3) is 11.4 Å². The van der Waals surface area contributed by atoms with Crippen molar-refractivity contribution in [1.29, 1.82) is 0 Å². The Kier molecular flexibility index (Phi) is 3.37. The van der Waals surface area contributed by atoms with Crippen molar-refractivity contribution in [3.8, 4) is 11.4 Å². The van der Waals surface area contributed by atoms with Gasteiger partial charge in [-0.15, -0.1) is 10.2 Å². The SMILES string of the molecule is CCNc1nnc(-c2ccnc(C)c2)n1CC. The average molecular weight is 231 g/mol. The molecule has 0 spiro atoms. The predicted molar refractivity (Wildman–Crippen MR) is 67.8 cm³/mol. The molecule has 1 N–H and O–H groups in total. The minimum Gasteiger partial charge on any atom is -0.355 e. The maximum Gasteiger partial charge on any atom is 0.224 e. The molecule has 0 aliphatic heterocycles. The molecule has 90 valence electrons. The zero-order valence-corrected chi connectivity index (χ0v) is 10.4. The molecular weight excluding hydrogens is 214 g/mol. The maximum atomic E-state index is 4.24. The van der Waals surface area contributed by atoms with Crippen molar-refractivity contribution in [1.82, 2.24) is 19.7 Å². The Labute approximate surface area is 101 Å². The highest BCUT2D eigenvalue weighted by Gasteiger charge is 2.11. The van der Waals surface area contributed by atoms with Crippen molar-refractivity contribution in [3.05, 3.63) is 24.0 Å². The molecule has 0 radical (unpaired) electrons. The van der Waals surface area contributed by atoms with Gasteiger partial charge >= 0.3 is 0 Å². The summed E-state index contributed by atoms with van der Waals surface area (Å²) >= 11 is 0. The van der Waals surface area contributed by atoms with Crippen LogP contribution in [0, 0.1) is 6.92 Å². The molecule has 2 aromatic rings. The van der Waals surface area contributed by atoms with Crippen LogP contribution in [0.1, 0.15) is 19.5 Å². The molecule has 0 aliphatic carbocycles. The Morgan fingerprint density at radius 1 is 1.29 bits per heavy atom. The Balaban J connectivity index is 2.45. The summed E-state index contributed by atoms with van der Waals surface area (Å²) in [4.78, 5) is 4.19. The molecule has 0 saturated heterocycles. The molecule has 17 heavy (non-hydrogen) atoms. The van der Waals surface area contributed by atoms with Gasteiger partial charge < -0.3 is 5.32 Å². The van der Waals surface area contributed by atoms with E-state index in [0.29, 0.717) is 0 Å². The summed E-state index contributed by atoms with van der Waals surface area (Å²) in [5, 5.41) is 11.6. The number of rotatable bonds is 4. The summed E-state index contributed by atoms with van der Waals surface area (Å²) in [6, 6.07) is 3.98. The fraction of sp³-hybridized carbons (Fsp3) is 0.417. The van der Waals surface area contributed by atoms with Crippen molar-refractivity contribution < 1.29 is 0 Å². The lowest BCUT2D eigenvalue weighted by Gasteiger charge is -2.08. The quantitative estimate of drug-likeness (QED) is 0.875. The second-order valence-corrected chi connectivity index (χ2v) is 3.81. The van der Waals surface area contributed by atoms with Gasteiger partial charge in [-0.2, -0.15) is 0 Å². The van der Waals surface area contributed by atoms with Crippen LogP contribution in [0.5, 0.6) is 0 Å². The van der Waals surface area contributed by atoms with Crippen LogP contribution in [-0.2, 0) is 6.54 Å². The standard InChI is InChI=1S/C12H17N5/c1-4-13-12-16-15-11(17(12)5-2)10-6-7-14-9(3)8-10/h6-8H,4-5H2,1-3H3,(H,13,16). The third kappa shape index (κ3) is 2.27. The topological polar surface area (TPSA) is 55.6 Å². The lowest BCUT2D eigenvalue weighted by molar-refractivity contribution is 0.770. The van der Waals surface area contributed by atoms with Crippen molar-refractivity contribution in [2.75, 3.05) is 11.9 Å². The number of nitrogens with zero attached hydrogens (tertiary/aromatic N) is 4. The van der Waals surface area contributed by atoms with Crippen LogP contribution < -0.4 is 5.32 Å². The lowest BCUT2D eigenvalue weighted by atomic mass is 10.2. The van der Waals surface area contributed by atoms with E-state index in [1.807, 2.05) is 26.0 Å². The van der Waals surface area contributed by atoms with E-state index in [2.05, 4.69) is 32.0 Å². The number of nitrogens with one attached hydrogen (secondary N) is 1. The van der Waals surface area contributed by atoms with Crippen LogP contribution in [-0.4, -0.2) is 26.3 Å². The van der Waals surface area contributed by atoms with Crippen molar-refractivity contribution in [2.24, 2.45) is 0 Å². The summed E-state index contributed by atoms with van der Waals surface area (Å²) in [6.07, 6.45) is 1.80. The number of hydrogen-bond donors (Lipinski definition) is 1. The zero-order chi connectivity index (χ0) is 12.3. The molecule has 5 heteroatoms. The van der Waals surface area contributed by atoms with Gasteiger partial charge in [0, 0.05) is 30.5 Å². The summed E-state index contributed by atoms with van der Waals surface area (Å²) in [7, 11) is 0. The fourth-order valence-corrected chi connectivity index (χ4v) is 1.79. The normalized spacial score (nSPS) is 10.5. The molecule has 0 atom stereocenters. The summed E-state index contributed by atoms with van der Waals surface area (Å²) < 4.78 is 2.07. The molecule has 0 aromatic carbocycles. The molecule has 0 bridgehead atoms. The minimum absolute atomic E-state index is 0.819. The Morgan fingerprint density at radius 3 is 2.76 bits per heavy atom. The van der Waals surface area contributed by atoms with E-state index >= 15 is 0 Å². The minimum atomic E-state index is 0.819. The van der Waals surface area contributed by atoms with Crippen LogP contribution >= 0.6 is 0 Å². The monoisotopic (exact) mass is 231 g/mol. The number of aryl methyl sites for hydroxylation is 1. The fourth-order valence-electron chi connectivity index (χ4n) is 1.79. The van der Waals surface area contributed by atoms with Crippen LogP contribution in [0.4, 0.5) is 5.95 Å². The number of pyridine rings is 1. The Hall–Kier alpha value is -1.91. The molecular formula is C12H17N5. The molecule has 5 nitrogen and oxygen atoms in total. The second-order valence-electron chi connectivity index (χ2n) is 3.81. The van der Waals surface area contributed by atoms with Gasteiger partial charge in [0.2, 0.25) is 5.95 Å². The van der Waals surface area contributed by atoms with Crippen molar-refractivity contribution in [3.63, 3.8) is 0 Å². The first-order valence-corrected chi connectivity index (χ1v) is 5.86. The largest absolute Gasteiger partial charge is 0.355 e. The van der Waals surface area contributed by atoms with Gasteiger partial charge in [-0.3, -0.25) is 9.55 Å². The second kappa shape index (κ2) is 4.95. The molecule has 2 aromatic heterocycles. The molecule has 2 heterocycles. The lowest BCUT2D eigenvalue weighted by Crippen LogP contribution is -2.06. The van der Waals surface area contributed by atoms with Gasteiger partial charge in [0.15, 0.2) is 5.82 Å².